The summed E-state index contributed by atoms with van der Waals surface area (Å²) in [6.07, 6.45) is 65.3. The molecule has 0 aliphatic heterocycles. The van der Waals surface area contributed by atoms with Crippen LogP contribution in [0.15, 0.2) is 24.3 Å². The highest BCUT2D eigenvalue weighted by atomic mass is 16.5. The molecule has 0 aliphatic carbocycles. The summed E-state index contributed by atoms with van der Waals surface area (Å²) in [5.74, 6) is -0.465. The van der Waals surface area contributed by atoms with Crippen LogP contribution in [0.1, 0.15) is 329 Å². The van der Waals surface area contributed by atoms with Gasteiger partial charge >= 0.3 is 5.97 Å². The van der Waals surface area contributed by atoms with Crippen LogP contribution in [0.3, 0.4) is 0 Å². The lowest BCUT2D eigenvalue weighted by atomic mass is 10.0. The molecule has 0 heterocycles. The summed E-state index contributed by atoms with van der Waals surface area (Å²) in [6.45, 7) is 6.50. The third-order valence-corrected chi connectivity index (χ3v) is 14.1. The number of esters is 1. The smallest absolute Gasteiger partial charge is 0.306 e. The first kappa shape index (κ1) is 65.3. The maximum absolute atomic E-state index is 13.3. The molecule has 3 unspecified atom stereocenters. The Hall–Kier alpha value is -1.66. The highest BCUT2D eigenvalue weighted by Crippen LogP contribution is 2.19. The SMILES string of the molecule is CCCCC/C=C/C=C/CCCCCCCCC(=O)OC(CCCCCCCCCCCCCCCCCCC)CC(=O)NC(CO)C(O)CCCCCCCCCCCCCCCCCC. The largest absolute Gasteiger partial charge is 0.462 e. The zero-order valence-corrected chi connectivity index (χ0v) is 45.3. The monoisotopic (exact) mass is 944 g/mol. The van der Waals surface area contributed by atoms with Crippen molar-refractivity contribution >= 4 is 11.9 Å². The zero-order valence-electron chi connectivity index (χ0n) is 45.3. The van der Waals surface area contributed by atoms with Gasteiger partial charge < -0.3 is 20.3 Å². The number of aliphatic hydroxyl groups is 2. The van der Waals surface area contributed by atoms with Gasteiger partial charge in [0.25, 0.3) is 0 Å². The molecule has 0 saturated heterocycles. The minimum atomic E-state index is -0.787. The molecule has 3 atom stereocenters. The molecular weight excluding hydrogens is 827 g/mol. The molecule has 0 rings (SSSR count). The van der Waals surface area contributed by atoms with E-state index in [1.165, 1.54) is 231 Å². The molecule has 0 spiro atoms. The van der Waals surface area contributed by atoms with E-state index >= 15 is 0 Å². The summed E-state index contributed by atoms with van der Waals surface area (Å²) >= 11 is 0. The second-order valence-corrected chi connectivity index (χ2v) is 20.8. The molecule has 67 heavy (non-hydrogen) atoms. The van der Waals surface area contributed by atoms with Crippen LogP contribution in [0.25, 0.3) is 0 Å². The fraction of sp³-hybridized carbons (Fsp3) is 0.902. The Morgan fingerprint density at radius 1 is 0.433 bits per heavy atom. The van der Waals surface area contributed by atoms with E-state index < -0.39 is 18.2 Å². The van der Waals surface area contributed by atoms with Gasteiger partial charge in [-0.2, -0.15) is 0 Å². The third-order valence-electron chi connectivity index (χ3n) is 14.1. The number of unbranched alkanes of at least 4 members (excludes halogenated alkanes) is 40. The van der Waals surface area contributed by atoms with Crippen molar-refractivity contribution in [1.29, 1.82) is 0 Å². The minimum Gasteiger partial charge on any atom is -0.462 e. The Labute approximate surface area is 418 Å². The number of aliphatic hydroxyl groups excluding tert-OH is 2. The van der Waals surface area contributed by atoms with Gasteiger partial charge in [0.2, 0.25) is 5.91 Å². The Kier molecular flexibility index (Phi) is 53.9. The first-order valence-electron chi connectivity index (χ1n) is 30.1. The summed E-state index contributed by atoms with van der Waals surface area (Å²) < 4.78 is 5.97. The van der Waals surface area contributed by atoms with Gasteiger partial charge in [0.1, 0.15) is 6.10 Å². The van der Waals surface area contributed by atoms with Gasteiger partial charge in [-0.25, -0.2) is 0 Å². The average molecular weight is 945 g/mol. The highest BCUT2D eigenvalue weighted by molar-refractivity contribution is 5.77. The van der Waals surface area contributed by atoms with Crippen LogP contribution in [0.5, 0.6) is 0 Å². The molecule has 0 fully saturated rings. The van der Waals surface area contributed by atoms with Gasteiger partial charge in [0.05, 0.1) is 25.2 Å². The Morgan fingerprint density at radius 2 is 0.746 bits per heavy atom. The van der Waals surface area contributed by atoms with Gasteiger partial charge in [0.15, 0.2) is 0 Å². The molecule has 0 radical (unpaired) electrons. The quantitative estimate of drug-likeness (QED) is 0.0321. The molecule has 6 heteroatoms. The van der Waals surface area contributed by atoms with E-state index in [1.807, 2.05) is 0 Å². The maximum Gasteiger partial charge on any atom is 0.306 e. The summed E-state index contributed by atoms with van der Waals surface area (Å²) in [5.41, 5.74) is 0. The number of ether oxygens (including phenoxy) is 1. The van der Waals surface area contributed by atoms with Crippen LogP contribution in [-0.4, -0.2) is 46.9 Å². The fourth-order valence-corrected chi connectivity index (χ4v) is 9.48. The molecule has 3 N–H and O–H groups in total. The number of hydrogen-bond acceptors (Lipinski definition) is 5. The van der Waals surface area contributed by atoms with Crippen LogP contribution < -0.4 is 5.32 Å². The molecule has 0 aromatic rings. The van der Waals surface area contributed by atoms with Gasteiger partial charge in [0, 0.05) is 6.42 Å². The van der Waals surface area contributed by atoms with E-state index in [-0.39, 0.29) is 24.9 Å². The van der Waals surface area contributed by atoms with E-state index in [9.17, 15) is 19.8 Å². The summed E-state index contributed by atoms with van der Waals surface area (Å²) in [7, 11) is 0. The molecule has 1 amide bonds. The summed E-state index contributed by atoms with van der Waals surface area (Å²) in [6, 6.07) is -0.700. The fourth-order valence-electron chi connectivity index (χ4n) is 9.48. The van der Waals surface area contributed by atoms with E-state index in [4.69, 9.17) is 4.74 Å². The third kappa shape index (κ3) is 50.5. The van der Waals surface area contributed by atoms with Crippen molar-refractivity contribution in [2.24, 2.45) is 0 Å². The normalized spacial score (nSPS) is 13.2. The standard InChI is InChI=1S/C61H117NO5/c1-4-7-10-13-16-19-22-25-28-30-32-34-37-40-43-46-49-52-57(67-61(66)54-51-48-45-42-39-36-31-27-24-21-18-15-12-9-6-3)55-60(65)62-58(56-63)59(64)53-50-47-44-41-38-35-33-29-26-23-20-17-14-11-8-5-2/h18,21,24,27,57-59,63-64H,4-17,19-20,22-23,25-26,28-56H2,1-3H3,(H,62,65)/b21-18+,27-24+. The maximum atomic E-state index is 13.3. The lowest BCUT2D eigenvalue weighted by Gasteiger charge is -2.24. The van der Waals surface area contributed by atoms with E-state index in [1.54, 1.807) is 0 Å². The summed E-state index contributed by atoms with van der Waals surface area (Å²) in [4.78, 5) is 26.3. The minimum absolute atomic E-state index is 0.0793. The lowest BCUT2D eigenvalue weighted by Crippen LogP contribution is -2.46. The van der Waals surface area contributed by atoms with Gasteiger partial charge in [-0.15, -0.1) is 0 Å². The van der Waals surface area contributed by atoms with Crippen molar-refractivity contribution in [1.82, 2.24) is 5.32 Å². The second-order valence-electron chi connectivity index (χ2n) is 20.8. The topological polar surface area (TPSA) is 95.9 Å². The number of rotatable bonds is 55. The van der Waals surface area contributed by atoms with Crippen LogP contribution in [0, 0.1) is 0 Å². The molecule has 0 aromatic heterocycles. The number of amides is 1. The van der Waals surface area contributed by atoms with Crippen molar-refractivity contribution in [3.63, 3.8) is 0 Å². The zero-order chi connectivity index (χ0) is 48.8. The summed E-state index contributed by atoms with van der Waals surface area (Å²) in [5, 5.41) is 23.9. The van der Waals surface area contributed by atoms with Crippen molar-refractivity contribution < 1.29 is 24.5 Å². The average Bonchev–Trinajstić information content (AvgIpc) is 3.32. The Morgan fingerprint density at radius 3 is 1.13 bits per heavy atom. The molecule has 396 valence electrons. The van der Waals surface area contributed by atoms with Gasteiger partial charge in [-0.3, -0.25) is 9.59 Å². The molecular formula is C61H117NO5. The Bertz CT molecular complexity index is 1060. The first-order chi connectivity index (χ1) is 33.0. The molecule has 0 aliphatic rings. The van der Waals surface area contributed by atoms with E-state index in [2.05, 4.69) is 50.4 Å². The van der Waals surface area contributed by atoms with E-state index in [0.29, 0.717) is 19.3 Å². The van der Waals surface area contributed by atoms with Crippen LogP contribution in [0.4, 0.5) is 0 Å². The first-order valence-corrected chi connectivity index (χ1v) is 30.1. The van der Waals surface area contributed by atoms with Crippen molar-refractivity contribution in [2.45, 2.75) is 347 Å². The van der Waals surface area contributed by atoms with Crippen LogP contribution in [0.2, 0.25) is 0 Å². The number of allylic oxidation sites excluding steroid dienone is 4. The molecule has 0 saturated carbocycles. The van der Waals surface area contributed by atoms with Crippen LogP contribution >= 0.6 is 0 Å². The number of nitrogens with one attached hydrogen (secondary N) is 1. The molecule has 6 nitrogen and oxygen atoms in total. The Balaban J connectivity index is 4.52. The second kappa shape index (κ2) is 55.3. The van der Waals surface area contributed by atoms with Crippen molar-refractivity contribution in [3.8, 4) is 0 Å². The predicted octanol–water partition coefficient (Wildman–Crippen LogP) is 18.6. The predicted molar refractivity (Wildman–Crippen MR) is 292 cm³/mol. The molecule has 0 bridgehead atoms. The van der Waals surface area contributed by atoms with E-state index in [0.717, 1.165) is 51.4 Å². The van der Waals surface area contributed by atoms with Crippen molar-refractivity contribution in [2.75, 3.05) is 6.61 Å². The lowest BCUT2D eigenvalue weighted by molar-refractivity contribution is -0.151. The number of hydrogen-bond donors (Lipinski definition) is 3. The van der Waals surface area contributed by atoms with Gasteiger partial charge in [-0.1, -0.05) is 289 Å². The number of carbonyl (C=O) groups excluding carboxylic acids is 2. The number of carbonyl (C=O) groups is 2. The molecule has 0 aromatic carbocycles. The van der Waals surface area contributed by atoms with Crippen molar-refractivity contribution in [3.05, 3.63) is 24.3 Å². The van der Waals surface area contributed by atoms with Crippen LogP contribution in [-0.2, 0) is 14.3 Å². The highest BCUT2D eigenvalue weighted by Gasteiger charge is 2.24. The van der Waals surface area contributed by atoms with Gasteiger partial charge in [-0.05, 0) is 51.4 Å².